The minimum Gasteiger partial charge on any atom is -0.494 e. The van der Waals surface area contributed by atoms with Crippen LogP contribution in [0, 0.1) is 12.7 Å². The lowest BCUT2D eigenvalue weighted by atomic mass is 10.1. The molecular weight excluding hydrogens is 379 g/mol. The predicted molar refractivity (Wildman–Crippen MR) is 106 cm³/mol. The van der Waals surface area contributed by atoms with Crippen molar-refractivity contribution < 1.29 is 18.7 Å². The Labute approximate surface area is 167 Å². The highest BCUT2D eigenvalue weighted by Gasteiger charge is 2.14. The van der Waals surface area contributed by atoms with Gasteiger partial charge in [0.05, 0.1) is 23.9 Å². The number of carbonyl (C=O) groups excluding carboxylic acids is 1. The molecule has 7 heteroatoms. The fraction of sp³-hybridized carbons (Fsp3) is 0.238. The number of rotatable bonds is 7. The summed E-state index contributed by atoms with van der Waals surface area (Å²) in [6.45, 7) is 4.13. The second-order valence-corrected chi connectivity index (χ2v) is 7.32. The third-order valence-electron chi connectivity index (χ3n) is 4.19. The van der Waals surface area contributed by atoms with Crippen LogP contribution >= 0.6 is 11.3 Å². The molecule has 146 valence electrons. The molecule has 28 heavy (non-hydrogen) atoms. The minimum absolute atomic E-state index is 0.172. The van der Waals surface area contributed by atoms with Crippen LogP contribution in [0.15, 0.2) is 47.8 Å². The molecule has 0 unspecified atom stereocenters. The van der Waals surface area contributed by atoms with E-state index in [2.05, 4.69) is 10.3 Å². The number of nitrogens with zero attached hydrogens (tertiary/aromatic N) is 1. The van der Waals surface area contributed by atoms with E-state index >= 15 is 0 Å². The van der Waals surface area contributed by atoms with E-state index in [4.69, 9.17) is 9.47 Å². The van der Waals surface area contributed by atoms with Crippen molar-refractivity contribution in [1.82, 2.24) is 10.3 Å². The van der Waals surface area contributed by atoms with E-state index in [1.165, 1.54) is 13.2 Å². The van der Waals surface area contributed by atoms with Gasteiger partial charge in [-0.15, -0.1) is 11.3 Å². The zero-order chi connectivity index (χ0) is 20.1. The van der Waals surface area contributed by atoms with Gasteiger partial charge in [0.1, 0.15) is 12.4 Å². The standard InChI is InChI=1S/C21H21FN2O3S/c1-13(16-6-9-20(26-3)19(22)10-16)23-21(25)15-4-7-18(8-5-15)27-11-17-12-28-14(2)24-17/h4-10,12-13H,11H2,1-3H3,(H,23,25)/t13-/m0/s1. The van der Waals surface area contributed by atoms with Crippen molar-refractivity contribution in [3.63, 3.8) is 0 Å². The van der Waals surface area contributed by atoms with Crippen molar-refractivity contribution in [2.75, 3.05) is 7.11 Å². The van der Waals surface area contributed by atoms with Crippen LogP contribution in [0.5, 0.6) is 11.5 Å². The summed E-state index contributed by atoms with van der Waals surface area (Å²) in [6.07, 6.45) is 0. The molecule has 1 atom stereocenters. The molecule has 0 aliphatic rings. The molecule has 0 radical (unpaired) electrons. The maximum atomic E-state index is 13.9. The average molecular weight is 400 g/mol. The van der Waals surface area contributed by atoms with Crippen molar-refractivity contribution in [3.05, 3.63) is 75.5 Å². The number of carbonyl (C=O) groups is 1. The third kappa shape index (κ3) is 4.86. The Kier molecular flexibility index (Phi) is 6.26. The number of amides is 1. The van der Waals surface area contributed by atoms with E-state index in [0.717, 1.165) is 10.7 Å². The van der Waals surface area contributed by atoms with Crippen LogP contribution < -0.4 is 14.8 Å². The zero-order valence-corrected chi connectivity index (χ0v) is 16.7. The number of methoxy groups -OCH3 is 1. The number of ether oxygens (including phenoxy) is 2. The lowest BCUT2D eigenvalue weighted by molar-refractivity contribution is 0.0939. The van der Waals surface area contributed by atoms with Crippen LogP contribution in [0.1, 0.15) is 39.6 Å². The number of benzene rings is 2. The first kappa shape index (κ1) is 19.8. The van der Waals surface area contributed by atoms with Crippen molar-refractivity contribution in [1.29, 1.82) is 0 Å². The summed E-state index contributed by atoms with van der Waals surface area (Å²) in [6, 6.07) is 11.2. The molecule has 0 aliphatic heterocycles. The summed E-state index contributed by atoms with van der Waals surface area (Å²) < 4.78 is 24.5. The first-order chi connectivity index (χ1) is 13.5. The van der Waals surface area contributed by atoms with Crippen molar-refractivity contribution in [2.24, 2.45) is 0 Å². The van der Waals surface area contributed by atoms with E-state index in [9.17, 15) is 9.18 Å². The summed E-state index contributed by atoms with van der Waals surface area (Å²) in [5, 5.41) is 5.82. The van der Waals surface area contributed by atoms with Gasteiger partial charge in [0.15, 0.2) is 11.6 Å². The van der Waals surface area contributed by atoms with Gasteiger partial charge >= 0.3 is 0 Å². The number of aryl methyl sites for hydroxylation is 1. The molecule has 0 fully saturated rings. The van der Waals surface area contributed by atoms with Crippen molar-refractivity contribution in [3.8, 4) is 11.5 Å². The first-order valence-corrected chi connectivity index (χ1v) is 9.62. The van der Waals surface area contributed by atoms with Crippen molar-refractivity contribution in [2.45, 2.75) is 26.5 Å². The molecule has 2 aromatic carbocycles. The maximum absolute atomic E-state index is 13.9. The van der Waals surface area contributed by atoms with Gasteiger partial charge in [0.25, 0.3) is 5.91 Å². The van der Waals surface area contributed by atoms with E-state index in [-0.39, 0.29) is 17.7 Å². The molecule has 0 spiro atoms. The summed E-state index contributed by atoms with van der Waals surface area (Å²) in [4.78, 5) is 16.8. The fourth-order valence-corrected chi connectivity index (χ4v) is 3.25. The molecule has 0 saturated heterocycles. The fourth-order valence-electron chi connectivity index (χ4n) is 2.65. The number of hydrogen-bond donors (Lipinski definition) is 1. The van der Waals surface area contributed by atoms with Gasteiger partial charge in [0, 0.05) is 10.9 Å². The van der Waals surface area contributed by atoms with Gasteiger partial charge in [-0.05, 0) is 55.8 Å². The van der Waals surface area contributed by atoms with Gasteiger partial charge in [-0.25, -0.2) is 9.37 Å². The third-order valence-corrected chi connectivity index (χ3v) is 5.02. The topological polar surface area (TPSA) is 60.5 Å². The maximum Gasteiger partial charge on any atom is 0.251 e. The van der Waals surface area contributed by atoms with Crippen LogP contribution in [-0.2, 0) is 6.61 Å². The molecule has 1 N–H and O–H groups in total. The van der Waals surface area contributed by atoms with Crippen LogP contribution in [0.25, 0.3) is 0 Å². The number of halogens is 1. The van der Waals surface area contributed by atoms with E-state index in [1.54, 1.807) is 54.7 Å². The van der Waals surface area contributed by atoms with E-state index in [1.807, 2.05) is 12.3 Å². The zero-order valence-electron chi connectivity index (χ0n) is 15.9. The number of aromatic nitrogens is 1. The lowest BCUT2D eigenvalue weighted by Gasteiger charge is -2.15. The van der Waals surface area contributed by atoms with Gasteiger partial charge in [-0.1, -0.05) is 6.07 Å². The molecule has 5 nitrogen and oxygen atoms in total. The summed E-state index contributed by atoms with van der Waals surface area (Å²) in [7, 11) is 1.41. The Morgan fingerprint density at radius 3 is 2.61 bits per heavy atom. The molecule has 3 aromatic rings. The number of nitrogens with one attached hydrogen (secondary N) is 1. The van der Waals surface area contributed by atoms with Gasteiger partial charge < -0.3 is 14.8 Å². The summed E-state index contributed by atoms with van der Waals surface area (Å²) in [5.74, 6) is 0.126. The molecule has 0 aliphatic carbocycles. The second-order valence-electron chi connectivity index (χ2n) is 6.26. The van der Waals surface area contributed by atoms with Crippen LogP contribution in [0.3, 0.4) is 0 Å². The molecule has 1 aromatic heterocycles. The van der Waals surface area contributed by atoms with Gasteiger partial charge in [-0.2, -0.15) is 0 Å². The molecular formula is C21H21FN2O3S. The van der Waals surface area contributed by atoms with Crippen molar-refractivity contribution >= 4 is 17.2 Å². The quantitative estimate of drug-likeness (QED) is 0.626. The monoisotopic (exact) mass is 400 g/mol. The Balaban J connectivity index is 1.58. The predicted octanol–water partition coefficient (Wildman–Crippen LogP) is 4.67. The van der Waals surface area contributed by atoms with Crippen LogP contribution in [0.2, 0.25) is 0 Å². The second kappa shape index (κ2) is 8.84. The summed E-state index contributed by atoms with van der Waals surface area (Å²) >= 11 is 1.58. The van der Waals surface area contributed by atoms with E-state index < -0.39 is 5.82 Å². The highest BCUT2D eigenvalue weighted by molar-refractivity contribution is 7.09. The minimum atomic E-state index is -0.460. The van der Waals surface area contributed by atoms with Crippen LogP contribution in [0.4, 0.5) is 4.39 Å². The first-order valence-electron chi connectivity index (χ1n) is 8.74. The average Bonchev–Trinajstić information content (AvgIpc) is 3.11. The Morgan fingerprint density at radius 1 is 1.25 bits per heavy atom. The molecule has 0 saturated carbocycles. The number of hydrogen-bond acceptors (Lipinski definition) is 5. The Hall–Kier alpha value is -2.93. The van der Waals surface area contributed by atoms with Crippen LogP contribution in [-0.4, -0.2) is 18.0 Å². The van der Waals surface area contributed by atoms with Gasteiger partial charge in [-0.3, -0.25) is 4.79 Å². The Morgan fingerprint density at radius 2 is 2.00 bits per heavy atom. The molecule has 1 amide bonds. The number of thiazole rings is 1. The molecule has 0 bridgehead atoms. The Bertz CT molecular complexity index is 957. The molecule has 1 heterocycles. The lowest BCUT2D eigenvalue weighted by Crippen LogP contribution is -2.26. The van der Waals surface area contributed by atoms with E-state index in [0.29, 0.717) is 23.5 Å². The highest BCUT2D eigenvalue weighted by atomic mass is 32.1. The normalized spacial score (nSPS) is 11.7. The smallest absolute Gasteiger partial charge is 0.251 e. The molecule has 3 rings (SSSR count). The largest absolute Gasteiger partial charge is 0.494 e. The summed E-state index contributed by atoms with van der Waals surface area (Å²) in [5.41, 5.74) is 2.03. The highest BCUT2D eigenvalue weighted by Crippen LogP contribution is 2.22. The SMILES string of the molecule is COc1ccc([C@H](C)NC(=O)c2ccc(OCc3csc(C)n3)cc2)cc1F. The van der Waals surface area contributed by atoms with Gasteiger partial charge in [0.2, 0.25) is 0 Å².